The predicted molar refractivity (Wildman–Crippen MR) is 82.1 cm³/mol. The molecule has 4 amide bonds. The Hall–Kier alpha value is -1.63. The number of imide groups is 1. The molecule has 2 aliphatic rings. The van der Waals surface area contributed by atoms with Crippen LogP contribution in [0.25, 0.3) is 0 Å². The average molecular weight is 310 g/mol. The number of nitrogens with one attached hydrogen (secondary N) is 3. The third-order valence-electron chi connectivity index (χ3n) is 4.48. The Morgan fingerprint density at radius 3 is 2.59 bits per heavy atom. The first kappa shape index (κ1) is 16.7. The molecule has 2 aliphatic heterocycles. The van der Waals surface area contributed by atoms with Crippen molar-refractivity contribution < 1.29 is 14.4 Å². The monoisotopic (exact) mass is 310 g/mol. The Labute approximate surface area is 131 Å². The van der Waals surface area contributed by atoms with Crippen LogP contribution in [0.3, 0.4) is 0 Å². The van der Waals surface area contributed by atoms with Crippen molar-refractivity contribution in [1.29, 1.82) is 0 Å². The van der Waals surface area contributed by atoms with Gasteiger partial charge in [-0.15, -0.1) is 0 Å². The minimum absolute atomic E-state index is 0.184. The number of amides is 4. The highest BCUT2D eigenvalue weighted by molar-refractivity contribution is 5.98. The van der Waals surface area contributed by atoms with Gasteiger partial charge in [-0.2, -0.15) is 0 Å². The van der Waals surface area contributed by atoms with E-state index >= 15 is 0 Å². The quantitative estimate of drug-likeness (QED) is 0.692. The molecule has 22 heavy (non-hydrogen) atoms. The number of likely N-dealkylation sites (tertiary alicyclic amines) is 1. The van der Waals surface area contributed by atoms with E-state index < -0.39 is 12.1 Å². The fraction of sp³-hybridized carbons (Fsp3) is 0.800. The highest BCUT2D eigenvalue weighted by Crippen LogP contribution is 2.18. The summed E-state index contributed by atoms with van der Waals surface area (Å²) in [6.45, 7) is 7.17. The predicted octanol–water partition coefficient (Wildman–Crippen LogP) is 0.211. The molecule has 0 aromatic heterocycles. The third kappa shape index (κ3) is 4.69. The van der Waals surface area contributed by atoms with Gasteiger partial charge in [0, 0.05) is 19.0 Å². The summed E-state index contributed by atoms with van der Waals surface area (Å²) in [5.74, 6) is -0.0508. The maximum absolute atomic E-state index is 12.1. The number of carbonyl (C=O) groups is 3. The number of carbonyl (C=O) groups excluding carboxylic acids is 3. The molecule has 1 unspecified atom stereocenters. The Morgan fingerprint density at radius 1 is 1.27 bits per heavy atom. The second-order valence-corrected chi connectivity index (χ2v) is 6.43. The van der Waals surface area contributed by atoms with E-state index in [1.807, 2.05) is 0 Å². The Kier molecular flexibility index (Phi) is 5.76. The number of urea groups is 1. The second-order valence-electron chi connectivity index (χ2n) is 6.43. The lowest BCUT2D eigenvalue weighted by molar-refractivity contribution is -0.123. The minimum Gasteiger partial charge on any atom is -0.354 e. The van der Waals surface area contributed by atoms with E-state index in [1.165, 1.54) is 0 Å². The number of rotatable bonds is 4. The summed E-state index contributed by atoms with van der Waals surface area (Å²) < 4.78 is 0. The van der Waals surface area contributed by atoms with Gasteiger partial charge in [-0.05, 0) is 52.1 Å². The van der Waals surface area contributed by atoms with E-state index in [9.17, 15) is 14.4 Å². The van der Waals surface area contributed by atoms with Crippen molar-refractivity contribution in [3.8, 4) is 0 Å². The largest absolute Gasteiger partial charge is 0.354 e. The molecule has 0 saturated carbocycles. The van der Waals surface area contributed by atoms with Gasteiger partial charge < -0.3 is 15.5 Å². The minimum atomic E-state index is -0.623. The zero-order valence-electron chi connectivity index (χ0n) is 13.4. The molecule has 0 aliphatic carbocycles. The molecule has 2 heterocycles. The summed E-state index contributed by atoms with van der Waals surface area (Å²) in [6, 6.07) is -0.642. The molecule has 1 atom stereocenters. The van der Waals surface area contributed by atoms with Gasteiger partial charge in [-0.1, -0.05) is 0 Å². The molecule has 0 spiro atoms. The molecule has 2 rings (SSSR count). The van der Waals surface area contributed by atoms with Gasteiger partial charge in [0.15, 0.2) is 0 Å². The molecular weight excluding hydrogens is 284 g/mol. The maximum Gasteiger partial charge on any atom is 0.322 e. The normalized spacial score (nSPS) is 24.6. The van der Waals surface area contributed by atoms with Crippen molar-refractivity contribution in [2.45, 2.75) is 51.6 Å². The molecule has 2 fully saturated rings. The standard InChI is InChI=1S/C15H26N4O3/c1-10(2)19-7-5-11(6-8-19)9-16-14(21)12-3-4-13(20)18-15(22)17-12/h10-12H,3-9H2,1-2H3,(H,16,21)(H2,17,18,20,22). The van der Waals surface area contributed by atoms with Crippen molar-refractivity contribution >= 4 is 17.8 Å². The van der Waals surface area contributed by atoms with Crippen LogP contribution >= 0.6 is 0 Å². The van der Waals surface area contributed by atoms with Gasteiger partial charge >= 0.3 is 6.03 Å². The SMILES string of the molecule is CC(C)N1CCC(CNC(=O)C2CCC(=O)NC(=O)N2)CC1. The smallest absolute Gasteiger partial charge is 0.322 e. The number of hydrogen-bond acceptors (Lipinski definition) is 4. The summed E-state index contributed by atoms with van der Waals surface area (Å²) in [6.07, 6.45) is 2.68. The lowest BCUT2D eigenvalue weighted by Gasteiger charge is -2.34. The van der Waals surface area contributed by atoms with Crippen LogP contribution in [0.2, 0.25) is 0 Å². The third-order valence-corrected chi connectivity index (χ3v) is 4.48. The number of piperidine rings is 1. The van der Waals surface area contributed by atoms with Crippen LogP contribution in [0.5, 0.6) is 0 Å². The van der Waals surface area contributed by atoms with Gasteiger partial charge in [-0.25, -0.2) is 4.79 Å². The van der Waals surface area contributed by atoms with Crippen molar-refractivity contribution in [3.05, 3.63) is 0 Å². The molecule has 7 nitrogen and oxygen atoms in total. The summed E-state index contributed by atoms with van der Waals surface area (Å²) in [5, 5.41) is 7.62. The Bertz CT molecular complexity index is 431. The second kappa shape index (κ2) is 7.58. The van der Waals surface area contributed by atoms with Crippen molar-refractivity contribution in [3.63, 3.8) is 0 Å². The summed E-state index contributed by atoms with van der Waals surface area (Å²) in [7, 11) is 0. The van der Waals surface area contributed by atoms with E-state index in [0.29, 0.717) is 24.9 Å². The zero-order valence-corrected chi connectivity index (χ0v) is 13.4. The number of nitrogens with zero attached hydrogens (tertiary/aromatic N) is 1. The van der Waals surface area contributed by atoms with Gasteiger partial charge in [0.2, 0.25) is 11.8 Å². The van der Waals surface area contributed by atoms with E-state index in [0.717, 1.165) is 25.9 Å². The molecule has 124 valence electrons. The fourth-order valence-electron chi connectivity index (χ4n) is 2.97. The van der Waals surface area contributed by atoms with Crippen molar-refractivity contribution in [2.75, 3.05) is 19.6 Å². The zero-order chi connectivity index (χ0) is 16.1. The lowest BCUT2D eigenvalue weighted by atomic mass is 9.96. The van der Waals surface area contributed by atoms with Gasteiger partial charge in [0.1, 0.15) is 6.04 Å². The van der Waals surface area contributed by atoms with Crippen LogP contribution in [-0.4, -0.2) is 54.5 Å². The molecule has 0 aromatic rings. The molecule has 0 aromatic carbocycles. The molecular formula is C15H26N4O3. The van der Waals surface area contributed by atoms with E-state index in [2.05, 4.69) is 34.7 Å². The first-order chi connectivity index (χ1) is 10.5. The summed E-state index contributed by atoms with van der Waals surface area (Å²) in [5.41, 5.74) is 0. The summed E-state index contributed by atoms with van der Waals surface area (Å²) in [4.78, 5) is 37.2. The average Bonchev–Trinajstić information content (AvgIpc) is 2.65. The number of hydrogen-bond donors (Lipinski definition) is 3. The Balaban J connectivity index is 1.74. The molecule has 0 bridgehead atoms. The Morgan fingerprint density at radius 2 is 1.95 bits per heavy atom. The molecule has 0 radical (unpaired) electrons. The van der Waals surface area contributed by atoms with E-state index in [-0.39, 0.29) is 18.2 Å². The summed E-state index contributed by atoms with van der Waals surface area (Å²) >= 11 is 0. The van der Waals surface area contributed by atoms with Gasteiger partial charge in [0.25, 0.3) is 0 Å². The molecule has 2 saturated heterocycles. The highest BCUT2D eigenvalue weighted by Gasteiger charge is 2.27. The van der Waals surface area contributed by atoms with Crippen molar-refractivity contribution in [2.24, 2.45) is 5.92 Å². The fourth-order valence-corrected chi connectivity index (χ4v) is 2.97. The van der Waals surface area contributed by atoms with Crippen LogP contribution in [0.15, 0.2) is 0 Å². The van der Waals surface area contributed by atoms with Crippen LogP contribution < -0.4 is 16.0 Å². The molecule has 3 N–H and O–H groups in total. The topological polar surface area (TPSA) is 90.5 Å². The van der Waals surface area contributed by atoms with Gasteiger partial charge in [0.05, 0.1) is 0 Å². The van der Waals surface area contributed by atoms with E-state index in [4.69, 9.17) is 0 Å². The van der Waals surface area contributed by atoms with Gasteiger partial charge in [-0.3, -0.25) is 14.9 Å². The molecule has 7 heteroatoms. The lowest BCUT2D eigenvalue weighted by Crippen LogP contribution is -2.49. The van der Waals surface area contributed by atoms with Crippen molar-refractivity contribution in [1.82, 2.24) is 20.9 Å². The van der Waals surface area contributed by atoms with Crippen LogP contribution in [0.4, 0.5) is 4.79 Å². The van der Waals surface area contributed by atoms with Crippen LogP contribution in [-0.2, 0) is 9.59 Å². The van der Waals surface area contributed by atoms with Crippen LogP contribution in [0, 0.1) is 5.92 Å². The first-order valence-corrected chi connectivity index (χ1v) is 8.08. The van der Waals surface area contributed by atoms with E-state index in [1.54, 1.807) is 0 Å². The maximum atomic E-state index is 12.1. The highest BCUT2D eigenvalue weighted by atomic mass is 16.2. The van der Waals surface area contributed by atoms with Crippen LogP contribution in [0.1, 0.15) is 39.5 Å². The first-order valence-electron chi connectivity index (χ1n) is 8.08.